The number of rotatable bonds is 5. The molecule has 6 nitrogen and oxygen atoms in total. The number of nitrogens with zero attached hydrogens (tertiary/aromatic N) is 1. The highest BCUT2D eigenvalue weighted by atomic mass is 35.5. The van der Waals surface area contributed by atoms with E-state index in [2.05, 4.69) is 0 Å². The van der Waals surface area contributed by atoms with Crippen molar-refractivity contribution in [1.29, 1.82) is 0 Å². The quantitative estimate of drug-likeness (QED) is 0.593. The maximum absolute atomic E-state index is 13.4. The van der Waals surface area contributed by atoms with Crippen molar-refractivity contribution in [3.8, 4) is 11.5 Å². The van der Waals surface area contributed by atoms with Crippen molar-refractivity contribution in [2.45, 2.75) is 18.6 Å². The maximum Gasteiger partial charge on any atom is 0.264 e. The number of amides is 1. The lowest BCUT2D eigenvalue weighted by atomic mass is 9.88. The van der Waals surface area contributed by atoms with E-state index >= 15 is 0 Å². The molecule has 0 bridgehead atoms. The highest BCUT2D eigenvalue weighted by Gasteiger charge is 2.50. The van der Waals surface area contributed by atoms with Gasteiger partial charge in [-0.15, -0.1) is 0 Å². The van der Waals surface area contributed by atoms with Crippen LogP contribution in [0.4, 0.5) is 5.69 Å². The summed E-state index contributed by atoms with van der Waals surface area (Å²) in [4.78, 5) is 28.0. The lowest BCUT2D eigenvalue weighted by Crippen LogP contribution is -2.41. The van der Waals surface area contributed by atoms with Gasteiger partial charge in [-0.3, -0.25) is 9.59 Å². The lowest BCUT2D eigenvalue weighted by Gasteiger charge is -2.23. The third-order valence-electron chi connectivity index (χ3n) is 5.75. The zero-order valence-electron chi connectivity index (χ0n) is 17.1. The van der Waals surface area contributed by atoms with E-state index in [-0.39, 0.29) is 18.7 Å². The molecule has 0 aliphatic carbocycles. The molecule has 1 amide bonds. The predicted octanol–water partition coefficient (Wildman–Crippen LogP) is 4.12. The first-order valence-corrected chi connectivity index (χ1v) is 10.6. The van der Waals surface area contributed by atoms with Crippen LogP contribution in [0.15, 0.2) is 66.7 Å². The highest BCUT2D eigenvalue weighted by Crippen LogP contribution is 2.44. The van der Waals surface area contributed by atoms with Crippen LogP contribution in [0.1, 0.15) is 27.9 Å². The predicted molar refractivity (Wildman–Crippen MR) is 119 cm³/mol. The Morgan fingerprint density at radius 3 is 2.59 bits per heavy atom. The summed E-state index contributed by atoms with van der Waals surface area (Å²) in [5, 5.41) is 12.1. The average molecular weight is 450 g/mol. The lowest BCUT2D eigenvalue weighted by molar-refractivity contribution is -0.136. The molecule has 0 aromatic heterocycles. The molecule has 0 radical (unpaired) electrons. The summed E-state index contributed by atoms with van der Waals surface area (Å²) in [5.41, 5.74) is 0.205. The minimum absolute atomic E-state index is 0.233. The van der Waals surface area contributed by atoms with Crippen molar-refractivity contribution in [3.05, 3.63) is 88.4 Å². The number of carbonyl (C=O) groups is 2. The molecule has 32 heavy (non-hydrogen) atoms. The van der Waals surface area contributed by atoms with Gasteiger partial charge in [0.1, 0.15) is 13.2 Å². The number of ketones is 1. The Morgan fingerprint density at radius 1 is 1.00 bits per heavy atom. The summed E-state index contributed by atoms with van der Waals surface area (Å²) in [7, 11) is 0. The van der Waals surface area contributed by atoms with Crippen LogP contribution in [0.5, 0.6) is 11.5 Å². The molecule has 3 aromatic carbocycles. The fourth-order valence-corrected chi connectivity index (χ4v) is 4.42. The standard InChI is InChI=1S/C25H20ClNO5/c26-18-5-3-4-16(12-18)15-27-20-7-2-1-6-19(20)25(30,24(27)29)14-21(28)17-8-9-22-23(13-17)32-11-10-31-22/h1-9,12-13,30H,10-11,14-15H2/t25-/m1/s1. The SMILES string of the molecule is O=C(C[C@]1(O)C(=O)N(Cc2cccc(Cl)c2)c2ccccc21)c1ccc2c(c1)OCCO2. The molecular formula is C25H20ClNO5. The summed E-state index contributed by atoms with van der Waals surface area (Å²) < 4.78 is 11.1. The molecule has 2 aliphatic heterocycles. The Hall–Kier alpha value is -3.35. The third-order valence-corrected chi connectivity index (χ3v) is 5.98. The normalized spacial score (nSPS) is 19.1. The van der Waals surface area contributed by atoms with E-state index in [1.807, 2.05) is 12.1 Å². The van der Waals surface area contributed by atoms with Crippen LogP contribution in [0.3, 0.4) is 0 Å². The van der Waals surface area contributed by atoms with E-state index in [1.165, 1.54) is 4.90 Å². The molecule has 1 atom stereocenters. The van der Waals surface area contributed by atoms with Gasteiger partial charge in [-0.05, 0) is 42.0 Å². The van der Waals surface area contributed by atoms with Crippen molar-refractivity contribution in [1.82, 2.24) is 0 Å². The fraction of sp³-hybridized carbons (Fsp3) is 0.200. The fourth-order valence-electron chi connectivity index (χ4n) is 4.20. The van der Waals surface area contributed by atoms with Crippen LogP contribution < -0.4 is 14.4 Å². The van der Waals surface area contributed by atoms with Crippen LogP contribution in [-0.4, -0.2) is 30.0 Å². The maximum atomic E-state index is 13.4. The number of fused-ring (bicyclic) bond motifs is 2. The third kappa shape index (κ3) is 3.51. The molecule has 0 saturated carbocycles. The van der Waals surface area contributed by atoms with Crippen LogP contribution in [0, 0.1) is 0 Å². The Labute approximate surface area is 189 Å². The zero-order chi connectivity index (χ0) is 22.3. The smallest absolute Gasteiger partial charge is 0.264 e. The second-order valence-corrected chi connectivity index (χ2v) is 8.29. The molecule has 3 aromatic rings. The minimum Gasteiger partial charge on any atom is -0.486 e. The van der Waals surface area contributed by atoms with Gasteiger partial charge in [-0.1, -0.05) is 41.9 Å². The van der Waals surface area contributed by atoms with E-state index in [9.17, 15) is 14.7 Å². The van der Waals surface area contributed by atoms with E-state index in [1.54, 1.807) is 54.6 Å². The number of hydrogen-bond donors (Lipinski definition) is 1. The van der Waals surface area contributed by atoms with Gasteiger partial charge < -0.3 is 19.5 Å². The molecule has 2 aliphatic rings. The number of carbonyl (C=O) groups excluding carboxylic acids is 2. The summed E-state index contributed by atoms with van der Waals surface area (Å²) in [6, 6.07) is 19.1. The summed E-state index contributed by atoms with van der Waals surface area (Å²) in [5.74, 6) is 0.151. The first kappa shape index (κ1) is 20.5. The first-order chi connectivity index (χ1) is 15.5. The van der Waals surface area contributed by atoms with Gasteiger partial charge in [-0.2, -0.15) is 0 Å². The van der Waals surface area contributed by atoms with Crippen molar-refractivity contribution >= 4 is 29.0 Å². The van der Waals surface area contributed by atoms with Crippen LogP contribution in [-0.2, 0) is 16.9 Å². The summed E-state index contributed by atoms with van der Waals surface area (Å²) in [6.07, 6.45) is -0.380. The molecule has 0 spiro atoms. The van der Waals surface area contributed by atoms with Gasteiger partial charge in [-0.25, -0.2) is 0 Å². The average Bonchev–Trinajstić information content (AvgIpc) is 3.01. The second kappa shape index (κ2) is 7.97. The second-order valence-electron chi connectivity index (χ2n) is 7.86. The van der Waals surface area contributed by atoms with Gasteiger partial charge >= 0.3 is 0 Å². The number of hydrogen-bond acceptors (Lipinski definition) is 5. The van der Waals surface area contributed by atoms with Gasteiger partial charge in [0.15, 0.2) is 22.9 Å². The zero-order valence-corrected chi connectivity index (χ0v) is 17.8. The molecule has 0 fully saturated rings. The number of Topliss-reactive ketones (excluding diaryl/α,β-unsaturated/α-hetero) is 1. The number of benzene rings is 3. The van der Waals surface area contributed by atoms with Crippen molar-refractivity contribution in [2.24, 2.45) is 0 Å². The first-order valence-electron chi connectivity index (χ1n) is 10.3. The number of anilines is 1. The number of halogens is 1. The Bertz CT molecular complexity index is 1230. The minimum atomic E-state index is -1.96. The molecule has 2 heterocycles. The molecule has 5 rings (SSSR count). The number of para-hydroxylation sites is 1. The molecule has 7 heteroatoms. The van der Waals surface area contributed by atoms with Gasteiger partial charge in [0, 0.05) is 16.1 Å². The van der Waals surface area contributed by atoms with E-state index < -0.39 is 11.5 Å². The number of aliphatic hydroxyl groups is 1. The largest absolute Gasteiger partial charge is 0.486 e. The van der Waals surface area contributed by atoms with E-state index in [0.29, 0.717) is 46.5 Å². The Kier molecular flexibility index (Phi) is 5.12. The summed E-state index contributed by atoms with van der Waals surface area (Å²) in [6.45, 7) is 1.09. The van der Waals surface area contributed by atoms with Gasteiger partial charge in [0.2, 0.25) is 0 Å². The highest BCUT2D eigenvalue weighted by molar-refractivity contribution is 6.30. The summed E-state index contributed by atoms with van der Waals surface area (Å²) >= 11 is 6.09. The van der Waals surface area contributed by atoms with E-state index in [0.717, 1.165) is 5.56 Å². The van der Waals surface area contributed by atoms with Crippen LogP contribution in [0.2, 0.25) is 5.02 Å². The molecule has 0 saturated heterocycles. The molecule has 162 valence electrons. The van der Waals surface area contributed by atoms with Crippen LogP contribution >= 0.6 is 11.6 Å². The molecular weight excluding hydrogens is 430 g/mol. The Balaban J connectivity index is 1.45. The topological polar surface area (TPSA) is 76.1 Å². The number of ether oxygens (including phenoxy) is 2. The van der Waals surface area contributed by atoms with Crippen molar-refractivity contribution in [3.63, 3.8) is 0 Å². The monoisotopic (exact) mass is 449 g/mol. The van der Waals surface area contributed by atoms with Crippen molar-refractivity contribution < 1.29 is 24.2 Å². The van der Waals surface area contributed by atoms with Gasteiger partial charge in [0.25, 0.3) is 5.91 Å². The molecule has 0 unspecified atom stereocenters. The van der Waals surface area contributed by atoms with E-state index in [4.69, 9.17) is 21.1 Å². The molecule has 1 N–H and O–H groups in total. The Morgan fingerprint density at radius 2 is 1.78 bits per heavy atom. The van der Waals surface area contributed by atoms with Gasteiger partial charge in [0.05, 0.1) is 18.7 Å². The van der Waals surface area contributed by atoms with Crippen molar-refractivity contribution in [2.75, 3.05) is 18.1 Å². The van der Waals surface area contributed by atoms with Crippen LogP contribution in [0.25, 0.3) is 0 Å².